The third kappa shape index (κ3) is 4.27. The summed E-state index contributed by atoms with van der Waals surface area (Å²) in [6.45, 7) is 3.37. The molecule has 0 aliphatic carbocycles. The van der Waals surface area contributed by atoms with E-state index in [0.29, 0.717) is 0 Å². The molecule has 0 saturated carbocycles. The average molecular weight is 249 g/mol. The van der Waals surface area contributed by atoms with E-state index in [1.165, 1.54) is 48.4 Å². The molecule has 2 rings (SSSR count). The smallest absolute Gasteiger partial charge is 0.0340 e. The molecule has 1 saturated heterocycles. The average Bonchev–Trinajstić information content (AvgIpc) is 2.40. The molecule has 1 aliphatic rings. The van der Waals surface area contributed by atoms with Crippen LogP contribution in [-0.4, -0.2) is 18.1 Å². The lowest BCUT2D eigenvalue weighted by atomic mass is 10.1. The van der Waals surface area contributed by atoms with E-state index in [0.717, 1.165) is 12.5 Å². The van der Waals surface area contributed by atoms with Gasteiger partial charge in [-0.2, -0.15) is 11.8 Å². The second kappa shape index (κ2) is 6.95. The van der Waals surface area contributed by atoms with Gasteiger partial charge in [-0.25, -0.2) is 0 Å². The maximum Gasteiger partial charge on any atom is 0.0340 e. The Morgan fingerprint density at radius 1 is 1.29 bits per heavy atom. The van der Waals surface area contributed by atoms with Crippen LogP contribution in [0.5, 0.6) is 0 Å². The molecule has 1 unspecified atom stereocenters. The number of thioether (sulfide) groups is 1. The Balaban J connectivity index is 1.77. The van der Waals surface area contributed by atoms with E-state index in [-0.39, 0.29) is 0 Å². The first-order valence-electron chi connectivity index (χ1n) is 6.79. The molecule has 1 aromatic carbocycles. The Bertz CT molecular complexity index is 314. The van der Waals surface area contributed by atoms with Gasteiger partial charge in [-0.3, -0.25) is 0 Å². The van der Waals surface area contributed by atoms with Crippen molar-refractivity contribution in [2.45, 2.75) is 32.6 Å². The minimum atomic E-state index is 0.865. The molecule has 94 valence electrons. The molecule has 1 heterocycles. The standard InChI is InChI=1S/C15H23NS/c1-2-4-13-6-8-15(9-7-13)16-11-14-5-3-10-17-12-14/h6-9,14,16H,2-5,10-12H2,1H3. The molecule has 1 fully saturated rings. The lowest BCUT2D eigenvalue weighted by Crippen LogP contribution is -2.19. The highest BCUT2D eigenvalue weighted by Gasteiger charge is 2.12. The number of hydrogen-bond donors (Lipinski definition) is 1. The zero-order valence-electron chi connectivity index (χ0n) is 10.7. The summed E-state index contributed by atoms with van der Waals surface area (Å²) in [7, 11) is 0. The van der Waals surface area contributed by atoms with Crippen molar-refractivity contribution in [2.75, 3.05) is 23.4 Å². The van der Waals surface area contributed by atoms with Crippen LogP contribution in [0.2, 0.25) is 0 Å². The molecule has 0 radical (unpaired) electrons. The fourth-order valence-corrected chi connectivity index (χ4v) is 3.46. The van der Waals surface area contributed by atoms with Gasteiger partial charge >= 0.3 is 0 Å². The molecule has 1 aromatic rings. The van der Waals surface area contributed by atoms with Gasteiger partial charge in [-0.15, -0.1) is 0 Å². The minimum absolute atomic E-state index is 0.865. The predicted octanol–water partition coefficient (Wildman–Crippen LogP) is 4.19. The minimum Gasteiger partial charge on any atom is -0.385 e. The van der Waals surface area contributed by atoms with Gasteiger partial charge in [0.1, 0.15) is 0 Å². The van der Waals surface area contributed by atoms with Crippen LogP contribution in [-0.2, 0) is 6.42 Å². The van der Waals surface area contributed by atoms with Crippen molar-refractivity contribution in [3.63, 3.8) is 0 Å². The second-order valence-electron chi connectivity index (χ2n) is 4.91. The van der Waals surface area contributed by atoms with E-state index in [2.05, 4.69) is 48.3 Å². The summed E-state index contributed by atoms with van der Waals surface area (Å²) in [5.74, 6) is 3.56. The van der Waals surface area contributed by atoms with E-state index >= 15 is 0 Å². The number of hydrogen-bond acceptors (Lipinski definition) is 2. The first-order chi connectivity index (χ1) is 8.38. The summed E-state index contributed by atoms with van der Waals surface area (Å²) < 4.78 is 0. The van der Waals surface area contributed by atoms with Gasteiger partial charge in [0.05, 0.1) is 0 Å². The highest BCUT2D eigenvalue weighted by Crippen LogP contribution is 2.23. The van der Waals surface area contributed by atoms with Gasteiger partial charge in [0, 0.05) is 12.2 Å². The van der Waals surface area contributed by atoms with Crippen LogP contribution >= 0.6 is 11.8 Å². The lowest BCUT2D eigenvalue weighted by molar-refractivity contribution is 0.549. The third-order valence-electron chi connectivity index (χ3n) is 3.34. The zero-order chi connectivity index (χ0) is 11.9. The number of aryl methyl sites for hydroxylation is 1. The van der Waals surface area contributed by atoms with E-state index in [9.17, 15) is 0 Å². The molecule has 2 heteroatoms. The van der Waals surface area contributed by atoms with Crippen LogP contribution in [0.3, 0.4) is 0 Å². The van der Waals surface area contributed by atoms with E-state index in [1.807, 2.05) is 0 Å². The molecule has 0 bridgehead atoms. The molecule has 17 heavy (non-hydrogen) atoms. The Labute approximate surface area is 109 Å². The molecule has 1 atom stereocenters. The first kappa shape index (κ1) is 12.8. The summed E-state index contributed by atoms with van der Waals surface area (Å²) in [5.41, 5.74) is 2.73. The third-order valence-corrected chi connectivity index (χ3v) is 4.63. The van der Waals surface area contributed by atoms with Crippen LogP contribution in [0.4, 0.5) is 5.69 Å². The number of rotatable bonds is 5. The highest BCUT2D eigenvalue weighted by atomic mass is 32.2. The van der Waals surface area contributed by atoms with Gasteiger partial charge in [0.25, 0.3) is 0 Å². The fraction of sp³-hybridized carbons (Fsp3) is 0.600. The van der Waals surface area contributed by atoms with Crippen molar-refractivity contribution < 1.29 is 0 Å². The molecule has 0 aromatic heterocycles. The quantitative estimate of drug-likeness (QED) is 0.839. The molecular weight excluding hydrogens is 226 g/mol. The molecule has 1 aliphatic heterocycles. The van der Waals surface area contributed by atoms with Crippen LogP contribution in [0.15, 0.2) is 24.3 Å². The van der Waals surface area contributed by atoms with Crippen LogP contribution in [0.25, 0.3) is 0 Å². The van der Waals surface area contributed by atoms with E-state index in [4.69, 9.17) is 0 Å². The maximum atomic E-state index is 3.57. The zero-order valence-corrected chi connectivity index (χ0v) is 11.6. The molecule has 1 N–H and O–H groups in total. The van der Waals surface area contributed by atoms with Crippen molar-refractivity contribution in [1.82, 2.24) is 0 Å². The van der Waals surface area contributed by atoms with Crippen LogP contribution in [0, 0.1) is 5.92 Å². The van der Waals surface area contributed by atoms with Crippen molar-refractivity contribution >= 4 is 17.4 Å². The van der Waals surface area contributed by atoms with E-state index in [1.54, 1.807) is 0 Å². The Hall–Kier alpha value is -0.630. The number of benzene rings is 1. The summed E-state index contributed by atoms with van der Waals surface area (Å²) in [6, 6.07) is 8.95. The van der Waals surface area contributed by atoms with Crippen LogP contribution in [0.1, 0.15) is 31.7 Å². The Kier molecular flexibility index (Phi) is 5.24. The van der Waals surface area contributed by atoms with Crippen molar-refractivity contribution in [1.29, 1.82) is 0 Å². The summed E-state index contributed by atoms with van der Waals surface area (Å²) >= 11 is 2.11. The van der Waals surface area contributed by atoms with Gasteiger partial charge in [-0.1, -0.05) is 25.5 Å². The van der Waals surface area contributed by atoms with Gasteiger partial charge in [0.15, 0.2) is 0 Å². The Morgan fingerprint density at radius 3 is 2.76 bits per heavy atom. The molecule has 0 amide bonds. The van der Waals surface area contributed by atoms with Crippen molar-refractivity contribution in [3.8, 4) is 0 Å². The molecule has 0 spiro atoms. The Morgan fingerprint density at radius 2 is 2.12 bits per heavy atom. The molecular formula is C15H23NS. The number of nitrogens with one attached hydrogen (secondary N) is 1. The van der Waals surface area contributed by atoms with Gasteiger partial charge in [0.2, 0.25) is 0 Å². The molecule has 1 nitrogen and oxygen atoms in total. The van der Waals surface area contributed by atoms with E-state index < -0.39 is 0 Å². The largest absolute Gasteiger partial charge is 0.385 e. The van der Waals surface area contributed by atoms with Gasteiger partial charge in [-0.05, 0) is 54.4 Å². The van der Waals surface area contributed by atoms with Gasteiger partial charge < -0.3 is 5.32 Å². The lowest BCUT2D eigenvalue weighted by Gasteiger charge is -2.22. The normalized spacial score (nSPS) is 20.2. The fourth-order valence-electron chi connectivity index (χ4n) is 2.31. The predicted molar refractivity (Wildman–Crippen MR) is 79.0 cm³/mol. The maximum absolute atomic E-state index is 3.57. The summed E-state index contributed by atoms with van der Waals surface area (Å²) in [5, 5.41) is 3.57. The SMILES string of the molecule is CCCc1ccc(NCC2CCCSC2)cc1. The number of anilines is 1. The van der Waals surface area contributed by atoms with Crippen molar-refractivity contribution in [3.05, 3.63) is 29.8 Å². The first-order valence-corrected chi connectivity index (χ1v) is 7.94. The highest BCUT2D eigenvalue weighted by molar-refractivity contribution is 7.99. The second-order valence-corrected chi connectivity index (χ2v) is 6.06. The van der Waals surface area contributed by atoms with Crippen LogP contribution < -0.4 is 5.32 Å². The monoisotopic (exact) mass is 249 g/mol. The summed E-state index contributed by atoms with van der Waals surface area (Å²) in [4.78, 5) is 0. The summed E-state index contributed by atoms with van der Waals surface area (Å²) in [6.07, 6.45) is 5.21. The topological polar surface area (TPSA) is 12.0 Å². The van der Waals surface area contributed by atoms with Crippen molar-refractivity contribution in [2.24, 2.45) is 5.92 Å².